The SMILES string of the molecule is Cc1cc(C)nc(C(=Cc2ccccc2)c2ccccc2)c1. The summed E-state index contributed by atoms with van der Waals surface area (Å²) >= 11 is 0. The van der Waals surface area contributed by atoms with E-state index in [1.54, 1.807) is 0 Å². The van der Waals surface area contributed by atoms with Crippen molar-refractivity contribution in [2.45, 2.75) is 13.8 Å². The third-order valence-corrected chi connectivity index (χ3v) is 3.57. The summed E-state index contributed by atoms with van der Waals surface area (Å²) in [5, 5.41) is 0. The van der Waals surface area contributed by atoms with Crippen LogP contribution in [0.15, 0.2) is 72.8 Å². The van der Waals surface area contributed by atoms with E-state index in [1.807, 2.05) is 19.1 Å². The maximum atomic E-state index is 4.74. The average molecular weight is 285 g/mol. The zero-order valence-corrected chi connectivity index (χ0v) is 13.0. The van der Waals surface area contributed by atoms with Gasteiger partial charge in [-0.1, -0.05) is 60.7 Å². The molecular weight excluding hydrogens is 266 g/mol. The van der Waals surface area contributed by atoms with Crippen LogP contribution in [-0.4, -0.2) is 4.98 Å². The fraction of sp³-hybridized carbons (Fsp3) is 0.0952. The standard InChI is InChI=1S/C21H19N/c1-16-13-17(2)22-21(14-16)20(19-11-7-4-8-12-19)15-18-9-5-3-6-10-18/h3-15H,1-2H3. The second kappa shape index (κ2) is 6.40. The molecular formula is C21H19N. The minimum absolute atomic E-state index is 1.02. The summed E-state index contributed by atoms with van der Waals surface area (Å²) in [5.74, 6) is 0. The molecule has 0 fully saturated rings. The topological polar surface area (TPSA) is 12.9 Å². The Labute approximate surface area is 132 Å². The van der Waals surface area contributed by atoms with Gasteiger partial charge in [-0.3, -0.25) is 4.98 Å². The normalized spacial score (nSPS) is 11.5. The van der Waals surface area contributed by atoms with E-state index in [1.165, 1.54) is 16.7 Å². The monoisotopic (exact) mass is 285 g/mol. The predicted octanol–water partition coefficient (Wildman–Crippen LogP) is 5.29. The molecule has 0 aliphatic heterocycles. The molecule has 22 heavy (non-hydrogen) atoms. The largest absolute Gasteiger partial charge is 0.253 e. The molecule has 0 spiro atoms. The molecule has 2 aromatic carbocycles. The highest BCUT2D eigenvalue weighted by Crippen LogP contribution is 2.25. The molecule has 108 valence electrons. The van der Waals surface area contributed by atoms with E-state index in [9.17, 15) is 0 Å². The Balaban J connectivity index is 2.17. The number of hydrogen-bond donors (Lipinski definition) is 0. The maximum Gasteiger partial charge on any atom is 0.0714 e. The van der Waals surface area contributed by atoms with Gasteiger partial charge in [0.25, 0.3) is 0 Å². The van der Waals surface area contributed by atoms with Crippen molar-refractivity contribution in [2.24, 2.45) is 0 Å². The van der Waals surface area contributed by atoms with Gasteiger partial charge in [-0.2, -0.15) is 0 Å². The summed E-state index contributed by atoms with van der Waals surface area (Å²) in [6.45, 7) is 4.16. The molecule has 1 nitrogen and oxygen atoms in total. The van der Waals surface area contributed by atoms with E-state index in [4.69, 9.17) is 4.98 Å². The highest BCUT2D eigenvalue weighted by molar-refractivity contribution is 5.90. The number of rotatable bonds is 3. The summed E-state index contributed by atoms with van der Waals surface area (Å²) in [5.41, 5.74) is 6.82. The van der Waals surface area contributed by atoms with Crippen LogP contribution in [-0.2, 0) is 0 Å². The van der Waals surface area contributed by atoms with Crippen LogP contribution >= 0.6 is 0 Å². The highest BCUT2D eigenvalue weighted by Gasteiger charge is 2.08. The smallest absolute Gasteiger partial charge is 0.0714 e. The Bertz CT molecular complexity index is 766. The van der Waals surface area contributed by atoms with E-state index >= 15 is 0 Å². The van der Waals surface area contributed by atoms with E-state index in [-0.39, 0.29) is 0 Å². The van der Waals surface area contributed by atoms with Crippen molar-refractivity contribution < 1.29 is 0 Å². The van der Waals surface area contributed by atoms with Crippen molar-refractivity contribution in [1.82, 2.24) is 4.98 Å². The predicted molar refractivity (Wildman–Crippen MR) is 93.6 cm³/mol. The van der Waals surface area contributed by atoms with Crippen molar-refractivity contribution >= 4 is 11.6 Å². The zero-order valence-electron chi connectivity index (χ0n) is 13.0. The van der Waals surface area contributed by atoms with Crippen molar-refractivity contribution in [2.75, 3.05) is 0 Å². The van der Waals surface area contributed by atoms with Gasteiger partial charge < -0.3 is 0 Å². The van der Waals surface area contributed by atoms with Crippen LogP contribution < -0.4 is 0 Å². The van der Waals surface area contributed by atoms with Crippen molar-refractivity contribution in [1.29, 1.82) is 0 Å². The molecule has 0 radical (unpaired) electrons. The summed E-state index contributed by atoms with van der Waals surface area (Å²) in [7, 11) is 0. The van der Waals surface area contributed by atoms with Crippen LogP contribution in [0.25, 0.3) is 11.6 Å². The van der Waals surface area contributed by atoms with Crippen LogP contribution in [0, 0.1) is 13.8 Å². The van der Waals surface area contributed by atoms with Crippen LogP contribution in [0.5, 0.6) is 0 Å². The van der Waals surface area contributed by atoms with Crippen LogP contribution in [0.4, 0.5) is 0 Å². The highest BCUT2D eigenvalue weighted by atomic mass is 14.7. The molecule has 0 unspecified atom stereocenters. The molecule has 1 heteroatoms. The minimum atomic E-state index is 1.02. The van der Waals surface area contributed by atoms with Gasteiger partial charge in [-0.15, -0.1) is 0 Å². The van der Waals surface area contributed by atoms with Gasteiger partial charge in [-0.25, -0.2) is 0 Å². The third-order valence-electron chi connectivity index (χ3n) is 3.57. The lowest BCUT2D eigenvalue weighted by molar-refractivity contribution is 1.15. The van der Waals surface area contributed by atoms with Gasteiger partial charge in [0.1, 0.15) is 0 Å². The molecule has 0 atom stereocenters. The van der Waals surface area contributed by atoms with E-state index in [2.05, 4.69) is 73.7 Å². The molecule has 0 aliphatic carbocycles. The third kappa shape index (κ3) is 3.32. The average Bonchev–Trinajstić information content (AvgIpc) is 2.53. The van der Waals surface area contributed by atoms with Crippen LogP contribution in [0.3, 0.4) is 0 Å². The van der Waals surface area contributed by atoms with Crippen LogP contribution in [0.1, 0.15) is 28.1 Å². The summed E-state index contributed by atoms with van der Waals surface area (Å²) in [6, 6.07) is 25.1. The Morgan fingerprint density at radius 1 is 0.818 bits per heavy atom. The molecule has 3 rings (SSSR count). The van der Waals surface area contributed by atoms with Crippen LogP contribution in [0.2, 0.25) is 0 Å². The van der Waals surface area contributed by atoms with E-state index < -0.39 is 0 Å². The van der Waals surface area contributed by atoms with Gasteiger partial charge in [0, 0.05) is 11.3 Å². The van der Waals surface area contributed by atoms with Crippen molar-refractivity contribution in [3.63, 3.8) is 0 Å². The fourth-order valence-corrected chi connectivity index (χ4v) is 2.62. The van der Waals surface area contributed by atoms with Gasteiger partial charge in [0.15, 0.2) is 0 Å². The summed E-state index contributed by atoms with van der Waals surface area (Å²) < 4.78 is 0. The molecule has 0 bridgehead atoms. The first-order valence-corrected chi connectivity index (χ1v) is 7.50. The number of hydrogen-bond acceptors (Lipinski definition) is 1. The quantitative estimate of drug-likeness (QED) is 0.596. The lowest BCUT2D eigenvalue weighted by Gasteiger charge is -2.10. The molecule has 0 N–H and O–H groups in total. The Hall–Kier alpha value is -2.67. The number of benzene rings is 2. The first-order valence-electron chi connectivity index (χ1n) is 7.50. The van der Waals surface area contributed by atoms with Gasteiger partial charge in [-0.05, 0) is 48.7 Å². The van der Waals surface area contributed by atoms with Gasteiger partial charge >= 0.3 is 0 Å². The Morgan fingerprint density at radius 3 is 2.09 bits per heavy atom. The van der Waals surface area contributed by atoms with Crippen molar-refractivity contribution in [3.05, 3.63) is 101 Å². The number of aromatic nitrogens is 1. The second-order valence-corrected chi connectivity index (χ2v) is 5.51. The minimum Gasteiger partial charge on any atom is -0.253 e. The first-order chi connectivity index (χ1) is 10.7. The first kappa shape index (κ1) is 14.3. The lowest BCUT2D eigenvalue weighted by Crippen LogP contribution is -1.95. The number of pyridine rings is 1. The van der Waals surface area contributed by atoms with E-state index in [0.717, 1.165) is 17.0 Å². The molecule has 0 amide bonds. The summed E-state index contributed by atoms with van der Waals surface area (Å²) in [4.78, 5) is 4.74. The summed E-state index contributed by atoms with van der Waals surface area (Å²) in [6.07, 6.45) is 2.20. The van der Waals surface area contributed by atoms with Crippen molar-refractivity contribution in [3.8, 4) is 0 Å². The Kier molecular flexibility index (Phi) is 4.15. The second-order valence-electron chi connectivity index (χ2n) is 5.51. The molecule has 0 aliphatic rings. The number of nitrogens with zero attached hydrogens (tertiary/aromatic N) is 1. The number of aryl methyl sites for hydroxylation is 2. The molecule has 3 aromatic rings. The maximum absolute atomic E-state index is 4.74. The lowest BCUT2D eigenvalue weighted by atomic mass is 9.98. The zero-order chi connectivity index (χ0) is 15.4. The molecule has 0 saturated carbocycles. The van der Waals surface area contributed by atoms with Gasteiger partial charge in [0.05, 0.1) is 5.69 Å². The fourth-order valence-electron chi connectivity index (χ4n) is 2.62. The van der Waals surface area contributed by atoms with Gasteiger partial charge in [0.2, 0.25) is 0 Å². The molecule has 1 heterocycles. The molecule has 0 saturated heterocycles. The Morgan fingerprint density at radius 2 is 1.45 bits per heavy atom. The van der Waals surface area contributed by atoms with E-state index in [0.29, 0.717) is 0 Å². The molecule has 1 aromatic heterocycles.